The Kier molecular flexibility index (Phi) is 5.82. The van der Waals surface area contributed by atoms with Crippen molar-refractivity contribution in [1.82, 2.24) is 4.98 Å². The van der Waals surface area contributed by atoms with Gasteiger partial charge in [0.2, 0.25) is 6.71 Å². The summed E-state index contributed by atoms with van der Waals surface area (Å²) in [6, 6.07) is 22.0. The maximum atomic E-state index is 4.37. The predicted octanol–water partition coefficient (Wildman–Crippen LogP) is 5.12. The third-order valence-electron chi connectivity index (χ3n) is 6.66. The zero-order valence-electron chi connectivity index (χ0n) is 19.5. The van der Waals surface area contributed by atoms with Gasteiger partial charge in [-0.25, -0.2) is 0 Å². The van der Waals surface area contributed by atoms with Crippen LogP contribution in [0.1, 0.15) is 33.4 Å². The predicted molar refractivity (Wildman–Crippen MR) is 136 cm³/mol. The van der Waals surface area contributed by atoms with Crippen molar-refractivity contribution in [3.05, 3.63) is 106 Å². The Morgan fingerprint density at radius 1 is 0.548 bits per heavy atom. The molecule has 154 valence electrons. The summed E-state index contributed by atoms with van der Waals surface area (Å²) in [5, 5.41) is 0. The molecule has 0 aliphatic heterocycles. The summed E-state index contributed by atoms with van der Waals surface area (Å²) in [5.74, 6) is 0. The number of pyridine rings is 1. The third kappa shape index (κ3) is 3.83. The van der Waals surface area contributed by atoms with Gasteiger partial charge in [-0.15, -0.1) is 0 Å². The zero-order chi connectivity index (χ0) is 22.1. The Balaban J connectivity index is 2.09. The molecule has 0 radical (unpaired) electrons. The number of aryl methyl sites for hydroxylation is 5. The lowest BCUT2D eigenvalue weighted by atomic mass is 9.33. The van der Waals surface area contributed by atoms with Crippen LogP contribution in [0, 0.1) is 41.5 Å². The molecule has 0 aliphatic carbocycles. The van der Waals surface area contributed by atoms with Crippen LogP contribution in [0.3, 0.4) is 0 Å². The molecule has 1 nitrogen and oxygen atoms in total. The molecule has 0 amide bonds. The van der Waals surface area contributed by atoms with E-state index < -0.39 is 0 Å². The van der Waals surface area contributed by atoms with Crippen LogP contribution in [0.15, 0.2) is 73.1 Å². The van der Waals surface area contributed by atoms with Crippen LogP contribution in [0.5, 0.6) is 0 Å². The van der Waals surface area contributed by atoms with E-state index in [4.69, 9.17) is 0 Å². The van der Waals surface area contributed by atoms with Gasteiger partial charge in [0.05, 0.1) is 0 Å². The van der Waals surface area contributed by atoms with Crippen LogP contribution < -0.4 is 16.4 Å². The standard InChI is InChI=1S/C29H30BN/c1-19-10-7-11-20(2)27(19)30(28-21(3)12-8-13-22(28)4)29-23(5)15-16-26(24(29)6)25-14-9-17-31-18-25/h7-18H,1-6H3. The monoisotopic (exact) mass is 403 g/mol. The lowest BCUT2D eigenvalue weighted by molar-refractivity contribution is 1.32. The second-order valence-electron chi connectivity index (χ2n) is 8.75. The van der Waals surface area contributed by atoms with Gasteiger partial charge in [0.15, 0.2) is 0 Å². The second-order valence-corrected chi connectivity index (χ2v) is 8.75. The van der Waals surface area contributed by atoms with Gasteiger partial charge >= 0.3 is 0 Å². The Morgan fingerprint density at radius 3 is 1.55 bits per heavy atom. The van der Waals surface area contributed by atoms with E-state index >= 15 is 0 Å². The summed E-state index contributed by atoms with van der Waals surface area (Å²) in [7, 11) is 0. The number of rotatable bonds is 4. The summed E-state index contributed by atoms with van der Waals surface area (Å²) in [6.07, 6.45) is 3.80. The lowest BCUT2D eigenvalue weighted by Gasteiger charge is -2.27. The highest BCUT2D eigenvalue weighted by molar-refractivity contribution is 6.97. The maximum Gasteiger partial charge on any atom is 0.243 e. The molecule has 0 spiro atoms. The topological polar surface area (TPSA) is 12.9 Å². The molecular weight excluding hydrogens is 373 g/mol. The first-order valence-corrected chi connectivity index (χ1v) is 11.0. The maximum absolute atomic E-state index is 4.37. The van der Waals surface area contributed by atoms with Crippen LogP contribution in [0.4, 0.5) is 0 Å². The van der Waals surface area contributed by atoms with Crippen LogP contribution in [-0.2, 0) is 0 Å². The summed E-state index contributed by atoms with van der Waals surface area (Å²) in [4.78, 5) is 4.37. The minimum Gasteiger partial charge on any atom is -0.264 e. The van der Waals surface area contributed by atoms with Crippen LogP contribution in [0.2, 0.25) is 0 Å². The smallest absolute Gasteiger partial charge is 0.243 e. The van der Waals surface area contributed by atoms with Gasteiger partial charge in [-0.1, -0.05) is 98.8 Å². The van der Waals surface area contributed by atoms with Gasteiger partial charge in [-0.2, -0.15) is 0 Å². The quantitative estimate of drug-likeness (QED) is 0.431. The van der Waals surface area contributed by atoms with Crippen molar-refractivity contribution in [1.29, 1.82) is 0 Å². The average molecular weight is 403 g/mol. The van der Waals surface area contributed by atoms with Crippen molar-refractivity contribution >= 4 is 23.1 Å². The highest BCUT2D eigenvalue weighted by atomic mass is 14.6. The van der Waals surface area contributed by atoms with Crippen molar-refractivity contribution < 1.29 is 0 Å². The summed E-state index contributed by atoms with van der Waals surface area (Å²) < 4.78 is 0. The Labute approximate surface area is 187 Å². The van der Waals surface area contributed by atoms with E-state index in [-0.39, 0.29) is 6.71 Å². The molecule has 1 heterocycles. The fourth-order valence-corrected chi connectivity index (χ4v) is 5.14. The number of aromatic nitrogens is 1. The average Bonchev–Trinajstić information content (AvgIpc) is 2.74. The largest absolute Gasteiger partial charge is 0.264 e. The summed E-state index contributed by atoms with van der Waals surface area (Å²) >= 11 is 0. The van der Waals surface area contributed by atoms with E-state index in [9.17, 15) is 0 Å². The van der Waals surface area contributed by atoms with Crippen LogP contribution >= 0.6 is 0 Å². The Hall–Kier alpha value is -3.13. The minimum atomic E-state index is 0.194. The van der Waals surface area contributed by atoms with Crippen LogP contribution in [-0.4, -0.2) is 11.7 Å². The van der Waals surface area contributed by atoms with E-state index in [0.29, 0.717) is 0 Å². The molecular formula is C29H30BN. The molecule has 4 aromatic rings. The molecule has 2 heteroatoms. The number of nitrogens with zero attached hydrogens (tertiary/aromatic N) is 1. The van der Waals surface area contributed by atoms with Gasteiger partial charge in [-0.05, 0) is 58.7 Å². The van der Waals surface area contributed by atoms with E-state index in [1.54, 1.807) is 0 Å². The lowest BCUT2D eigenvalue weighted by Crippen LogP contribution is -2.57. The van der Waals surface area contributed by atoms with Crippen LogP contribution in [0.25, 0.3) is 11.1 Å². The molecule has 4 rings (SSSR count). The van der Waals surface area contributed by atoms with Gasteiger partial charge in [0, 0.05) is 18.0 Å². The molecule has 1 aromatic heterocycles. The van der Waals surface area contributed by atoms with Crippen molar-refractivity contribution in [3.63, 3.8) is 0 Å². The molecule has 0 bridgehead atoms. The van der Waals surface area contributed by atoms with Crippen molar-refractivity contribution in [2.45, 2.75) is 41.5 Å². The van der Waals surface area contributed by atoms with E-state index in [1.165, 1.54) is 60.9 Å². The third-order valence-corrected chi connectivity index (χ3v) is 6.66. The molecule has 0 atom stereocenters. The zero-order valence-corrected chi connectivity index (χ0v) is 19.5. The molecule has 0 N–H and O–H groups in total. The molecule has 0 aliphatic rings. The first kappa shape index (κ1) is 21.1. The Bertz CT molecular complexity index is 1150. The Morgan fingerprint density at radius 2 is 1.06 bits per heavy atom. The first-order valence-electron chi connectivity index (χ1n) is 11.0. The van der Waals surface area contributed by atoms with Crippen molar-refractivity contribution in [2.75, 3.05) is 0 Å². The van der Waals surface area contributed by atoms with Gasteiger partial charge < -0.3 is 0 Å². The molecule has 0 fully saturated rings. The van der Waals surface area contributed by atoms with Gasteiger partial charge in [0.1, 0.15) is 0 Å². The van der Waals surface area contributed by atoms with Crippen molar-refractivity contribution in [3.8, 4) is 11.1 Å². The fourth-order valence-electron chi connectivity index (χ4n) is 5.14. The van der Waals surface area contributed by atoms with Gasteiger partial charge in [-0.3, -0.25) is 4.98 Å². The highest BCUT2D eigenvalue weighted by Crippen LogP contribution is 2.23. The summed E-state index contributed by atoms with van der Waals surface area (Å²) in [5.41, 5.74) is 14.7. The summed E-state index contributed by atoms with van der Waals surface area (Å²) in [6.45, 7) is 13.7. The van der Waals surface area contributed by atoms with E-state index in [2.05, 4.69) is 101 Å². The fraction of sp³-hybridized carbons (Fsp3) is 0.207. The molecule has 31 heavy (non-hydrogen) atoms. The van der Waals surface area contributed by atoms with E-state index in [1.807, 2.05) is 18.5 Å². The highest BCUT2D eigenvalue weighted by Gasteiger charge is 2.31. The van der Waals surface area contributed by atoms with Gasteiger partial charge in [0.25, 0.3) is 0 Å². The number of hydrogen-bond donors (Lipinski definition) is 0. The molecule has 0 unspecified atom stereocenters. The molecule has 3 aromatic carbocycles. The van der Waals surface area contributed by atoms with Crippen molar-refractivity contribution in [2.24, 2.45) is 0 Å². The first-order chi connectivity index (χ1) is 14.9. The number of hydrogen-bond acceptors (Lipinski definition) is 1. The molecule has 0 saturated heterocycles. The number of benzene rings is 3. The minimum absolute atomic E-state index is 0.194. The van der Waals surface area contributed by atoms with E-state index in [0.717, 1.165) is 0 Å². The normalized spacial score (nSPS) is 10.9. The second kappa shape index (κ2) is 8.55. The molecule has 0 saturated carbocycles. The SMILES string of the molecule is Cc1cccc(C)c1B(c1c(C)cccc1C)c1c(C)ccc(-c2cccnc2)c1C.